The predicted octanol–water partition coefficient (Wildman–Crippen LogP) is 4.50. The number of ether oxygens (including phenoxy) is 2. The van der Waals surface area contributed by atoms with Crippen LogP contribution in [0.4, 0.5) is 4.39 Å². The van der Waals surface area contributed by atoms with Crippen LogP contribution < -0.4 is 0 Å². The highest BCUT2D eigenvalue weighted by Gasteiger charge is 2.25. The summed E-state index contributed by atoms with van der Waals surface area (Å²) >= 11 is 3.16. The summed E-state index contributed by atoms with van der Waals surface area (Å²) in [6.07, 6.45) is 0. The zero-order chi connectivity index (χ0) is 17.3. The molecule has 1 rings (SSSR count). The smallest absolute Gasteiger partial charge is 0.341 e. The van der Waals surface area contributed by atoms with Gasteiger partial charge in [-0.05, 0) is 69.6 Å². The van der Waals surface area contributed by atoms with Crippen LogP contribution in [0.2, 0.25) is 0 Å². The first-order valence-corrected chi connectivity index (χ1v) is 7.55. The van der Waals surface area contributed by atoms with Crippen LogP contribution in [0.25, 0.3) is 0 Å². The quantitative estimate of drug-likeness (QED) is 0.715. The minimum Gasteiger partial charge on any atom is -0.456 e. The first-order valence-electron chi connectivity index (χ1n) is 6.76. The van der Waals surface area contributed by atoms with E-state index in [2.05, 4.69) is 15.9 Å². The molecule has 0 N–H and O–H groups in total. The average molecular weight is 375 g/mol. The Morgan fingerprint density at radius 2 is 1.32 bits per heavy atom. The second-order valence-corrected chi connectivity index (χ2v) is 7.67. The number of hydrogen-bond acceptors (Lipinski definition) is 4. The highest BCUT2D eigenvalue weighted by molar-refractivity contribution is 9.10. The Labute approximate surface area is 138 Å². The summed E-state index contributed by atoms with van der Waals surface area (Å²) in [6, 6.07) is 2.19. The van der Waals surface area contributed by atoms with E-state index in [0.717, 1.165) is 6.07 Å². The van der Waals surface area contributed by atoms with Gasteiger partial charge in [0.2, 0.25) is 0 Å². The third-order valence-electron chi connectivity index (χ3n) is 2.29. The molecule has 0 aliphatic rings. The van der Waals surface area contributed by atoms with Crippen molar-refractivity contribution in [2.75, 3.05) is 0 Å². The molecule has 6 heteroatoms. The van der Waals surface area contributed by atoms with E-state index in [-0.39, 0.29) is 15.6 Å². The molecule has 0 amide bonds. The Morgan fingerprint density at radius 1 is 0.909 bits per heavy atom. The highest BCUT2D eigenvalue weighted by atomic mass is 79.9. The molecule has 0 heterocycles. The first kappa shape index (κ1) is 18.6. The summed E-state index contributed by atoms with van der Waals surface area (Å²) in [5.41, 5.74) is -1.66. The maximum Gasteiger partial charge on any atom is 0.341 e. The molecule has 0 aliphatic carbocycles. The third kappa shape index (κ3) is 5.40. The Hall–Kier alpha value is -1.43. The number of rotatable bonds is 2. The molecule has 0 bridgehead atoms. The van der Waals surface area contributed by atoms with Crippen molar-refractivity contribution >= 4 is 27.9 Å². The van der Waals surface area contributed by atoms with Crippen LogP contribution in [-0.4, -0.2) is 23.1 Å². The van der Waals surface area contributed by atoms with Crippen molar-refractivity contribution in [1.29, 1.82) is 0 Å². The SMILES string of the molecule is CC(C)(C)OC(=O)c1cc(Br)c(C(=O)OC(C)(C)C)cc1F. The maximum atomic E-state index is 14.1. The Morgan fingerprint density at radius 3 is 1.73 bits per heavy atom. The van der Waals surface area contributed by atoms with Gasteiger partial charge in [0.1, 0.15) is 17.0 Å². The van der Waals surface area contributed by atoms with Gasteiger partial charge in [0.05, 0.1) is 11.1 Å². The van der Waals surface area contributed by atoms with Crippen LogP contribution in [0.1, 0.15) is 62.3 Å². The zero-order valence-corrected chi connectivity index (χ0v) is 15.1. The summed E-state index contributed by atoms with van der Waals surface area (Å²) in [5, 5.41) is 0. The summed E-state index contributed by atoms with van der Waals surface area (Å²) in [4.78, 5) is 24.0. The van der Waals surface area contributed by atoms with Gasteiger partial charge in [-0.15, -0.1) is 0 Å². The van der Waals surface area contributed by atoms with Crippen LogP contribution in [0.15, 0.2) is 16.6 Å². The maximum absolute atomic E-state index is 14.1. The summed E-state index contributed by atoms with van der Waals surface area (Å²) in [7, 11) is 0. The van der Waals surface area contributed by atoms with Gasteiger partial charge >= 0.3 is 11.9 Å². The fourth-order valence-electron chi connectivity index (χ4n) is 1.53. The normalized spacial score (nSPS) is 12.0. The molecule has 0 fully saturated rings. The Balaban J connectivity index is 3.12. The summed E-state index contributed by atoms with van der Waals surface area (Å²) in [6.45, 7) is 10.2. The second-order valence-electron chi connectivity index (χ2n) is 6.82. The number of halogens is 2. The monoisotopic (exact) mass is 374 g/mol. The van der Waals surface area contributed by atoms with E-state index in [1.54, 1.807) is 41.5 Å². The molecule has 0 spiro atoms. The standard InChI is InChI=1S/C16H20BrFO4/c1-15(2,3)21-13(19)9-8-12(18)10(7-11(9)17)14(20)22-16(4,5)6/h7-8H,1-6H3. The van der Waals surface area contributed by atoms with E-state index >= 15 is 0 Å². The lowest BCUT2D eigenvalue weighted by molar-refractivity contribution is 0.00466. The van der Waals surface area contributed by atoms with Gasteiger partial charge in [-0.2, -0.15) is 0 Å². The third-order valence-corrected chi connectivity index (χ3v) is 2.95. The van der Waals surface area contributed by atoms with Gasteiger partial charge in [-0.25, -0.2) is 14.0 Å². The van der Waals surface area contributed by atoms with Crippen molar-refractivity contribution in [1.82, 2.24) is 0 Å². The fourth-order valence-corrected chi connectivity index (χ4v) is 2.03. The van der Waals surface area contributed by atoms with Gasteiger partial charge in [-0.1, -0.05) is 0 Å². The minimum absolute atomic E-state index is 0.0136. The van der Waals surface area contributed by atoms with Crippen molar-refractivity contribution in [3.05, 3.63) is 33.5 Å². The molecular formula is C16H20BrFO4. The van der Waals surface area contributed by atoms with Crippen LogP contribution in [0, 0.1) is 5.82 Å². The molecule has 1 aromatic rings. The molecule has 0 saturated heterocycles. The van der Waals surface area contributed by atoms with E-state index < -0.39 is 29.0 Å². The van der Waals surface area contributed by atoms with Crippen molar-refractivity contribution < 1.29 is 23.5 Å². The molecule has 4 nitrogen and oxygen atoms in total. The first-order chi connectivity index (χ1) is 9.80. The second kappa shape index (κ2) is 6.36. The van der Waals surface area contributed by atoms with Crippen LogP contribution in [-0.2, 0) is 9.47 Å². The van der Waals surface area contributed by atoms with E-state index in [0.29, 0.717) is 0 Å². The van der Waals surface area contributed by atoms with Gasteiger partial charge in [0.25, 0.3) is 0 Å². The van der Waals surface area contributed by atoms with E-state index in [1.165, 1.54) is 6.07 Å². The number of hydrogen-bond donors (Lipinski definition) is 0. The van der Waals surface area contributed by atoms with Gasteiger partial charge in [0.15, 0.2) is 0 Å². The predicted molar refractivity (Wildman–Crippen MR) is 84.4 cm³/mol. The van der Waals surface area contributed by atoms with Crippen molar-refractivity contribution in [3.8, 4) is 0 Å². The van der Waals surface area contributed by atoms with E-state index in [4.69, 9.17) is 9.47 Å². The number of carbonyl (C=O) groups excluding carboxylic acids is 2. The van der Waals surface area contributed by atoms with Gasteiger partial charge in [0, 0.05) is 4.47 Å². The average Bonchev–Trinajstić information content (AvgIpc) is 2.26. The molecule has 0 atom stereocenters. The van der Waals surface area contributed by atoms with Crippen LogP contribution in [0.3, 0.4) is 0 Å². The van der Waals surface area contributed by atoms with Gasteiger partial charge < -0.3 is 9.47 Å². The molecular weight excluding hydrogens is 355 g/mol. The molecule has 0 saturated carbocycles. The number of esters is 2. The van der Waals surface area contributed by atoms with Crippen molar-refractivity contribution in [2.45, 2.75) is 52.7 Å². The summed E-state index contributed by atoms with van der Waals surface area (Å²) < 4.78 is 24.7. The molecule has 0 aromatic heterocycles. The van der Waals surface area contributed by atoms with Crippen LogP contribution in [0.5, 0.6) is 0 Å². The van der Waals surface area contributed by atoms with Crippen LogP contribution >= 0.6 is 15.9 Å². The zero-order valence-electron chi connectivity index (χ0n) is 13.5. The topological polar surface area (TPSA) is 52.6 Å². The lowest BCUT2D eigenvalue weighted by atomic mass is 10.1. The molecule has 0 unspecified atom stereocenters. The molecule has 0 aliphatic heterocycles. The Kier molecular flexibility index (Phi) is 5.38. The minimum atomic E-state index is -0.835. The number of benzene rings is 1. The fraction of sp³-hybridized carbons (Fsp3) is 0.500. The largest absolute Gasteiger partial charge is 0.456 e. The molecule has 122 valence electrons. The molecule has 0 radical (unpaired) electrons. The van der Waals surface area contributed by atoms with Crippen molar-refractivity contribution in [3.63, 3.8) is 0 Å². The number of carbonyl (C=O) groups is 2. The highest BCUT2D eigenvalue weighted by Crippen LogP contribution is 2.25. The lowest BCUT2D eigenvalue weighted by Crippen LogP contribution is -2.26. The van der Waals surface area contributed by atoms with Crippen molar-refractivity contribution in [2.24, 2.45) is 0 Å². The van der Waals surface area contributed by atoms with E-state index in [1.807, 2.05) is 0 Å². The summed E-state index contributed by atoms with van der Waals surface area (Å²) in [5.74, 6) is -2.30. The Bertz CT molecular complexity index is 544. The van der Waals surface area contributed by atoms with E-state index in [9.17, 15) is 14.0 Å². The molecule has 1 aromatic carbocycles. The lowest BCUT2D eigenvalue weighted by Gasteiger charge is -2.21. The molecule has 22 heavy (non-hydrogen) atoms. The van der Waals surface area contributed by atoms with Gasteiger partial charge in [-0.3, -0.25) is 0 Å².